The third-order valence-electron chi connectivity index (χ3n) is 8.38. The number of thiophene rings is 1. The van der Waals surface area contributed by atoms with Crippen LogP contribution in [0.3, 0.4) is 0 Å². The molecule has 47 heavy (non-hydrogen) atoms. The highest BCUT2D eigenvalue weighted by Crippen LogP contribution is 2.46. The maximum Gasteiger partial charge on any atom is 0.331 e. The minimum absolute atomic E-state index is 0.0599. The Labute approximate surface area is 276 Å². The van der Waals surface area contributed by atoms with Crippen LogP contribution < -0.4 is 25.6 Å². The van der Waals surface area contributed by atoms with E-state index in [4.69, 9.17) is 4.74 Å². The number of likely N-dealkylation sites (N-methyl/N-ethyl adjacent to an activating group) is 1. The Morgan fingerprint density at radius 1 is 1.15 bits per heavy atom. The summed E-state index contributed by atoms with van der Waals surface area (Å²) in [5.74, 6) is 0.648. The normalized spacial score (nSPS) is 16.4. The molecular weight excluding hydrogens is 614 g/mol. The van der Waals surface area contributed by atoms with Gasteiger partial charge in [0.15, 0.2) is 0 Å². The molecule has 4 amide bonds. The van der Waals surface area contributed by atoms with Gasteiger partial charge in [0.2, 0.25) is 0 Å². The number of benzene rings is 2. The molecule has 0 bridgehead atoms. The molecule has 11 nitrogen and oxygen atoms in total. The number of anilines is 3. The van der Waals surface area contributed by atoms with Gasteiger partial charge in [-0.15, -0.1) is 11.3 Å². The molecule has 1 unspecified atom stereocenters. The Balaban J connectivity index is 1.23. The molecule has 0 spiro atoms. The van der Waals surface area contributed by atoms with E-state index in [1.54, 1.807) is 35.2 Å². The number of likely N-dealkylation sites (tertiary alicyclic amines) is 1. The fourth-order valence-electron chi connectivity index (χ4n) is 5.83. The molecule has 4 aromatic rings. The first-order valence-corrected chi connectivity index (χ1v) is 16.2. The summed E-state index contributed by atoms with van der Waals surface area (Å²) in [5, 5.41) is 19.5. The molecule has 2 aliphatic heterocycles. The van der Waals surface area contributed by atoms with Crippen LogP contribution >= 0.6 is 11.3 Å². The molecule has 4 heterocycles. The second-order valence-electron chi connectivity index (χ2n) is 12.2. The van der Waals surface area contributed by atoms with Gasteiger partial charge in [-0.05, 0) is 88.7 Å². The first-order chi connectivity index (χ1) is 22.6. The number of rotatable bonds is 8. The molecule has 12 heteroatoms. The van der Waals surface area contributed by atoms with Crippen molar-refractivity contribution in [2.45, 2.75) is 45.2 Å². The largest absolute Gasteiger partial charge is 0.457 e. The Bertz CT molecular complexity index is 1950. The number of carbonyl (C=O) groups is 3. The average Bonchev–Trinajstić information content (AvgIpc) is 3.44. The number of nitriles is 1. The van der Waals surface area contributed by atoms with E-state index in [1.807, 2.05) is 75.4 Å². The fraction of sp³-hybridized carbons (Fsp3) is 0.286. The minimum atomic E-state index is -0.529. The van der Waals surface area contributed by atoms with Crippen molar-refractivity contribution in [2.75, 3.05) is 30.4 Å². The van der Waals surface area contributed by atoms with Crippen molar-refractivity contribution in [1.82, 2.24) is 20.5 Å². The van der Waals surface area contributed by atoms with E-state index in [1.165, 1.54) is 11.3 Å². The zero-order valence-corrected chi connectivity index (χ0v) is 27.4. The number of ether oxygens (including phenoxy) is 1. The summed E-state index contributed by atoms with van der Waals surface area (Å²) in [6, 6.07) is 18.1. The summed E-state index contributed by atoms with van der Waals surface area (Å²) in [4.78, 5) is 49.3. The molecule has 1 saturated heterocycles. The first kappa shape index (κ1) is 31.7. The third-order valence-corrected chi connectivity index (χ3v) is 9.48. The molecule has 0 saturated carbocycles. The van der Waals surface area contributed by atoms with Gasteiger partial charge in [-0.1, -0.05) is 18.2 Å². The van der Waals surface area contributed by atoms with Gasteiger partial charge in [-0.2, -0.15) is 5.26 Å². The highest BCUT2D eigenvalue weighted by Gasteiger charge is 2.35. The second-order valence-corrected chi connectivity index (χ2v) is 13.1. The van der Waals surface area contributed by atoms with E-state index in [0.717, 1.165) is 5.56 Å². The lowest BCUT2D eigenvalue weighted by Crippen LogP contribution is -2.50. The lowest BCUT2D eigenvalue weighted by Gasteiger charge is -2.33. The van der Waals surface area contributed by atoms with E-state index >= 15 is 0 Å². The second kappa shape index (κ2) is 12.9. The quantitative estimate of drug-likeness (QED) is 0.151. The van der Waals surface area contributed by atoms with Crippen LogP contribution in [0.2, 0.25) is 0 Å². The Morgan fingerprint density at radius 3 is 2.66 bits per heavy atom. The lowest BCUT2D eigenvalue weighted by atomic mass is 9.99. The van der Waals surface area contributed by atoms with Crippen LogP contribution in [0.25, 0.3) is 10.2 Å². The number of pyridine rings is 1. The summed E-state index contributed by atoms with van der Waals surface area (Å²) in [7, 11) is 1.77. The van der Waals surface area contributed by atoms with Crippen LogP contribution in [0.5, 0.6) is 11.5 Å². The monoisotopic (exact) mass is 649 g/mol. The number of para-hydroxylation sites is 1. The minimum Gasteiger partial charge on any atom is -0.457 e. The van der Waals surface area contributed by atoms with Gasteiger partial charge in [-0.3, -0.25) is 14.5 Å². The number of amides is 4. The zero-order chi connectivity index (χ0) is 33.3. The topological polar surface area (TPSA) is 140 Å². The number of aryl methyl sites for hydroxylation is 1. The van der Waals surface area contributed by atoms with E-state index in [9.17, 15) is 19.6 Å². The van der Waals surface area contributed by atoms with Crippen LogP contribution in [0, 0.1) is 18.3 Å². The van der Waals surface area contributed by atoms with Crippen molar-refractivity contribution in [3.63, 3.8) is 0 Å². The number of hydrogen-bond donors (Lipinski definition) is 3. The van der Waals surface area contributed by atoms with E-state index in [0.29, 0.717) is 63.0 Å². The molecule has 3 N–H and O–H groups in total. The average molecular weight is 650 g/mol. The van der Waals surface area contributed by atoms with Gasteiger partial charge >= 0.3 is 6.03 Å². The molecule has 6 rings (SSSR count). The smallest absolute Gasteiger partial charge is 0.331 e. The maximum atomic E-state index is 13.7. The molecule has 2 aromatic carbocycles. The van der Waals surface area contributed by atoms with Crippen molar-refractivity contribution in [1.29, 1.82) is 5.26 Å². The summed E-state index contributed by atoms with van der Waals surface area (Å²) in [5.41, 5.74) is 2.08. The summed E-state index contributed by atoms with van der Waals surface area (Å²) in [6.45, 7) is 6.44. The van der Waals surface area contributed by atoms with E-state index < -0.39 is 11.6 Å². The van der Waals surface area contributed by atoms with Gasteiger partial charge in [-0.25, -0.2) is 9.78 Å². The van der Waals surface area contributed by atoms with Crippen molar-refractivity contribution in [2.24, 2.45) is 0 Å². The van der Waals surface area contributed by atoms with Crippen LogP contribution in [0.1, 0.15) is 41.9 Å². The van der Waals surface area contributed by atoms with Crippen molar-refractivity contribution in [3.8, 4) is 17.6 Å². The standard InChI is InChI=1S/C35H35N7O4S/c1-21-17-25(46-24-10-6-5-7-11-24)12-13-26(21)42-27-14-15-38-32-28(27)29(40-34(42)45)30(47-32)31(43)39-23-9-8-16-41(20-23)33(44)22(19-36)18-35(2,3)37-4/h5-7,10-15,17-18,23,37H,8-9,16,20H2,1-4H3,(H,39,43)(H,40,45)/b22-18-. The predicted octanol–water partition coefficient (Wildman–Crippen LogP) is 6.25. The predicted molar refractivity (Wildman–Crippen MR) is 182 cm³/mol. The Hall–Kier alpha value is -5.25. The highest BCUT2D eigenvalue weighted by molar-refractivity contribution is 7.21. The van der Waals surface area contributed by atoms with Crippen molar-refractivity contribution >= 4 is 56.5 Å². The summed E-state index contributed by atoms with van der Waals surface area (Å²) < 4.78 is 5.98. The number of nitrogens with zero attached hydrogens (tertiary/aromatic N) is 4. The molecule has 1 fully saturated rings. The van der Waals surface area contributed by atoms with Crippen LogP contribution in [0.4, 0.5) is 21.9 Å². The van der Waals surface area contributed by atoms with Crippen LogP contribution in [0.15, 0.2) is 72.4 Å². The third kappa shape index (κ3) is 6.40. The molecule has 1 atom stereocenters. The number of hydrogen-bond acceptors (Lipinski definition) is 8. The molecular formula is C35H35N7O4S. The molecule has 2 aromatic heterocycles. The number of carbonyl (C=O) groups excluding carboxylic acids is 3. The van der Waals surface area contributed by atoms with Gasteiger partial charge < -0.3 is 25.6 Å². The van der Waals surface area contributed by atoms with E-state index in [2.05, 4.69) is 20.9 Å². The lowest BCUT2D eigenvalue weighted by molar-refractivity contribution is -0.128. The molecule has 0 radical (unpaired) electrons. The Morgan fingerprint density at radius 2 is 1.94 bits per heavy atom. The van der Waals surface area contributed by atoms with Crippen LogP contribution in [-0.2, 0) is 4.79 Å². The number of piperidine rings is 1. The van der Waals surface area contributed by atoms with E-state index in [-0.39, 0.29) is 30.0 Å². The van der Waals surface area contributed by atoms with Gasteiger partial charge in [0.25, 0.3) is 11.8 Å². The van der Waals surface area contributed by atoms with Gasteiger partial charge in [0.1, 0.15) is 32.8 Å². The molecule has 0 aliphatic carbocycles. The fourth-order valence-corrected chi connectivity index (χ4v) is 6.85. The number of aromatic nitrogens is 1. The Kier molecular flexibility index (Phi) is 8.68. The van der Waals surface area contributed by atoms with Crippen LogP contribution in [-0.4, -0.2) is 59.4 Å². The zero-order valence-electron chi connectivity index (χ0n) is 26.6. The maximum absolute atomic E-state index is 13.7. The number of urea groups is 1. The van der Waals surface area contributed by atoms with Gasteiger partial charge in [0.05, 0.1) is 22.4 Å². The molecule has 240 valence electrons. The van der Waals surface area contributed by atoms with Crippen molar-refractivity contribution < 1.29 is 19.1 Å². The molecule has 2 aliphatic rings. The summed E-state index contributed by atoms with van der Waals surface area (Å²) >= 11 is 1.21. The SMILES string of the molecule is CNC(C)(C)/C=C(/C#N)C(=O)N1CCCC(NC(=O)c2sc3nccc4c3c2NC(=O)N4c2ccc(Oc3ccccc3)cc2C)C1. The van der Waals surface area contributed by atoms with Gasteiger partial charge in [0, 0.05) is 30.9 Å². The first-order valence-electron chi connectivity index (χ1n) is 15.4. The van der Waals surface area contributed by atoms with Crippen molar-refractivity contribution in [3.05, 3.63) is 82.9 Å². The summed E-state index contributed by atoms with van der Waals surface area (Å²) in [6.07, 6.45) is 4.62. The highest BCUT2D eigenvalue weighted by atomic mass is 32.1. The number of nitrogens with one attached hydrogen (secondary N) is 3.